The number of nitrogens with one attached hydrogen (secondary N) is 1. The summed E-state index contributed by atoms with van der Waals surface area (Å²) in [6.45, 7) is 0.612. The second kappa shape index (κ2) is 3.08. The number of hydrogen-bond donors (Lipinski definition) is 2. The molecule has 2 heterocycles. The van der Waals surface area contributed by atoms with Gasteiger partial charge < -0.3 is 10.1 Å². The van der Waals surface area contributed by atoms with Crippen LogP contribution < -0.4 is 0 Å². The van der Waals surface area contributed by atoms with E-state index in [2.05, 4.69) is 9.97 Å². The van der Waals surface area contributed by atoms with Crippen molar-refractivity contribution in [1.82, 2.24) is 14.9 Å². The van der Waals surface area contributed by atoms with Crippen LogP contribution in [0, 0.1) is 0 Å². The van der Waals surface area contributed by atoms with Crippen LogP contribution in [0.1, 0.15) is 24.7 Å². The Labute approximate surface area is 75.4 Å². The van der Waals surface area contributed by atoms with Crippen LogP contribution >= 0.6 is 0 Å². The molecular formula is C8H11N3O2. The Bertz CT molecular complexity index is 296. The Balaban J connectivity index is 2.19. The number of carboxylic acid groups (broad SMARTS) is 1. The largest absolute Gasteiger partial charge is 0.465 e. The number of hydrogen-bond acceptors (Lipinski definition) is 2. The van der Waals surface area contributed by atoms with E-state index in [-0.39, 0.29) is 6.04 Å². The van der Waals surface area contributed by atoms with E-state index in [0.29, 0.717) is 6.54 Å². The molecule has 70 valence electrons. The smallest absolute Gasteiger partial charge is 0.407 e. The van der Waals surface area contributed by atoms with E-state index >= 15 is 0 Å². The van der Waals surface area contributed by atoms with Crippen molar-refractivity contribution < 1.29 is 9.90 Å². The SMILES string of the molecule is O=C(O)N1CCCC1c1ncc[nH]1. The molecule has 0 bridgehead atoms. The van der Waals surface area contributed by atoms with Gasteiger partial charge in [0.05, 0.1) is 6.04 Å². The third kappa shape index (κ3) is 1.37. The van der Waals surface area contributed by atoms with Gasteiger partial charge in [-0.25, -0.2) is 9.78 Å². The van der Waals surface area contributed by atoms with Crippen molar-refractivity contribution in [3.8, 4) is 0 Å². The van der Waals surface area contributed by atoms with Gasteiger partial charge in [-0.1, -0.05) is 0 Å². The molecular weight excluding hydrogens is 170 g/mol. The summed E-state index contributed by atoms with van der Waals surface area (Å²) in [5.41, 5.74) is 0. The van der Waals surface area contributed by atoms with E-state index in [1.54, 1.807) is 12.4 Å². The summed E-state index contributed by atoms with van der Waals surface area (Å²) >= 11 is 0. The molecule has 1 aliphatic rings. The number of carbonyl (C=O) groups is 1. The molecule has 0 saturated carbocycles. The predicted molar refractivity (Wildman–Crippen MR) is 45.3 cm³/mol. The second-order valence-corrected chi connectivity index (χ2v) is 3.11. The lowest BCUT2D eigenvalue weighted by molar-refractivity contribution is 0.139. The standard InChI is InChI=1S/C8H11N3O2/c12-8(13)11-5-1-2-6(11)7-9-3-4-10-7/h3-4,6H,1-2,5H2,(H,9,10)(H,12,13). The first-order valence-electron chi connectivity index (χ1n) is 4.28. The summed E-state index contributed by atoms with van der Waals surface area (Å²) in [6, 6.07) is -0.0764. The topological polar surface area (TPSA) is 69.2 Å². The molecule has 0 spiro atoms. The molecule has 5 heteroatoms. The van der Waals surface area contributed by atoms with E-state index in [1.807, 2.05) is 0 Å². The van der Waals surface area contributed by atoms with Crippen LogP contribution in [0.2, 0.25) is 0 Å². The number of aromatic nitrogens is 2. The fourth-order valence-electron chi connectivity index (χ4n) is 1.74. The Morgan fingerprint density at radius 1 is 1.77 bits per heavy atom. The lowest BCUT2D eigenvalue weighted by Gasteiger charge is -2.18. The highest BCUT2D eigenvalue weighted by molar-refractivity contribution is 5.65. The number of amides is 1. The molecule has 1 fully saturated rings. The van der Waals surface area contributed by atoms with Crippen molar-refractivity contribution >= 4 is 6.09 Å². The first-order chi connectivity index (χ1) is 6.29. The molecule has 2 N–H and O–H groups in total. The molecule has 1 aromatic rings. The molecule has 1 amide bonds. The van der Waals surface area contributed by atoms with Crippen molar-refractivity contribution in [2.24, 2.45) is 0 Å². The van der Waals surface area contributed by atoms with E-state index in [9.17, 15) is 4.79 Å². The van der Waals surface area contributed by atoms with Gasteiger partial charge >= 0.3 is 6.09 Å². The van der Waals surface area contributed by atoms with Crippen molar-refractivity contribution in [3.63, 3.8) is 0 Å². The minimum atomic E-state index is -0.862. The van der Waals surface area contributed by atoms with Gasteiger partial charge in [0.25, 0.3) is 0 Å². The van der Waals surface area contributed by atoms with Crippen molar-refractivity contribution in [2.45, 2.75) is 18.9 Å². The van der Waals surface area contributed by atoms with E-state index in [0.717, 1.165) is 18.7 Å². The Morgan fingerprint density at radius 3 is 3.23 bits per heavy atom. The molecule has 5 nitrogen and oxygen atoms in total. The first kappa shape index (κ1) is 8.10. The molecule has 1 unspecified atom stereocenters. The molecule has 1 aromatic heterocycles. The Kier molecular flexibility index (Phi) is 1.92. The third-order valence-electron chi connectivity index (χ3n) is 2.33. The number of aromatic amines is 1. The minimum Gasteiger partial charge on any atom is -0.465 e. The minimum absolute atomic E-state index is 0.0764. The highest BCUT2D eigenvalue weighted by Gasteiger charge is 2.31. The number of imidazole rings is 1. The van der Waals surface area contributed by atoms with Crippen LogP contribution in [0.25, 0.3) is 0 Å². The molecule has 0 radical (unpaired) electrons. The van der Waals surface area contributed by atoms with Gasteiger partial charge in [-0.05, 0) is 12.8 Å². The van der Waals surface area contributed by atoms with Gasteiger partial charge in [0.2, 0.25) is 0 Å². The summed E-state index contributed by atoms with van der Waals surface area (Å²) in [4.78, 5) is 19.2. The lowest BCUT2D eigenvalue weighted by Crippen LogP contribution is -2.29. The summed E-state index contributed by atoms with van der Waals surface area (Å²) in [5, 5.41) is 8.87. The highest BCUT2D eigenvalue weighted by atomic mass is 16.4. The predicted octanol–water partition coefficient (Wildman–Crippen LogP) is 1.22. The fraction of sp³-hybridized carbons (Fsp3) is 0.500. The Hall–Kier alpha value is -1.52. The second-order valence-electron chi connectivity index (χ2n) is 3.11. The molecule has 0 aliphatic carbocycles. The van der Waals surface area contributed by atoms with Gasteiger partial charge in [-0.2, -0.15) is 0 Å². The molecule has 0 aromatic carbocycles. The van der Waals surface area contributed by atoms with Gasteiger partial charge in [-0.3, -0.25) is 4.90 Å². The monoisotopic (exact) mass is 181 g/mol. The average Bonchev–Trinajstić information content (AvgIpc) is 2.74. The van der Waals surface area contributed by atoms with Crippen molar-refractivity contribution in [2.75, 3.05) is 6.54 Å². The van der Waals surface area contributed by atoms with E-state index in [4.69, 9.17) is 5.11 Å². The number of rotatable bonds is 1. The zero-order valence-corrected chi connectivity index (χ0v) is 7.10. The van der Waals surface area contributed by atoms with Crippen LogP contribution in [-0.4, -0.2) is 32.6 Å². The van der Waals surface area contributed by atoms with Crippen LogP contribution in [0.15, 0.2) is 12.4 Å². The molecule has 13 heavy (non-hydrogen) atoms. The normalized spacial score (nSPS) is 22.2. The van der Waals surface area contributed by atoms with E-state index in [1.165, 1.54) is 4.90 Å². The zero-order chi connectivity index (χ0) is 9.26. The fourth-order valence-corrected chi connectivity index (χ4v) is 1.74. The summed E-state index contributed by atoms with van der Waals surface area (Å²) in [5.74, 6) is 0.750. The maximum atomic E-state index is 10.8. The maximum absolute atomic E-state index is 10.8. The zero-order valence-electron chi connectivity index (χ0n) is 7.10. The van der Waals surface area contributed by atoms with Gasteiger partial charge in [0, 0.05) is 18.9 Å². The highest BCUT2D eigenvalue weighted by Crippen LogP contribution is 2.29. The van der Waals surface area contributed by atoms with Crippen LogP contribution in [0.4, 0.5) is 4.79 Å². The molecule has 2 rings (SSSR count). The van der Waals surface area contributed by atoms with Crippen LogP contribution in [-0.2, 0) is 0 Å². The van der Waals surface area contributed by atoms with Crippen molar-refractivity contribution in [1.29, 1.82) is 0 Å². The first-order valence-corrected chi connectivity index (χ1v) is 4.28. The number of likely N-dealkylation sites (tertiary alicyclic amines) is 1. The average molecular weight is 181 g/mol. The Morgan fingerprint density at radius 2 is 2.62 bits per heavy atom. The van der Waals surface area contributed by atoms with Gasteiger partial charge in [-0.15, -0.1) is 0 Å². The lowest BCUT2D eigenvalue weighted by atomic mass is 10.2. The number of nitrogens with zero attached hydrogens (tertiary/aromatic N) is 2. The van der Waals surface area contributed by atoms with E-state index < -0.39 is 6.09 Å². The molecule has 1 saturated heterocycles. The van der Waals surface area contributed by atoms with Gasteiger partial charge in [0.1, 0.15) is 5.82 Å². The summed E-state index contributed by atoms with van der Waals surface area (Å²) in [7, 11) is 0. The molecule has 1 atom stereocenters. The van der Waals surface area contributed by atoms with Crippen LogP contribution in [0.3, 0.4) is 0 Å². The third-order valence-corrected chi connectivity index (χ3v) is 2.33. The molecule has 1 aliphatic heterocycles. The van der Waals surface area contributed by atoms with Crippen LogP contribution in [0.5, 0.6) is 0 Å². The summed E-state index contributed by atoms with van der Waals surface area (Å²) in [6.07, 6.45) is 4.28. The maximum Gasteiger partial charge on any atom is 0.407 e. The number of H-pyrrole nitrogens is 1. The quantitative estimate of drug-likeness (QED) is 0.684. The van der Waals surface area contributed by atoms with Crippen molar-refractivity contribution in [3.05, 3.63) is 18.2 Å². The summed E-state index contributed by atoms with van der Waals surface area (Å²) < 4.78 is 0. The van der Waals surface area contributed by atoms with Gasteiger partial charge in [0.15, 0.2) is 0 Å².